The molecule has 8 heteroatoms. The number of amides is 3. The van der Waals surface area contributed by atoms with Crippen molar-refractivity contribution in [3.05, 3.63) is 78.9 Å². The van der Waals surface area contributed by atoms with Gasteiger partial charge in [0.1, 0.15) is 18.2 Å². The highest BCUT2D eigenvalue weighted by molar-refractivity contribution is 6.21. The van der Waals surface area contributed by atoms with Crippen LogP contribution in [0.2, 0.25) is 0 Å². The van der Waals surface area contributed by atoms with Gasteiger partial charge in [-0.2, -0.15) is 0 Å². The molecule has 8 nitrogen and oxygen atoms in total. The zero-order valence-electron chi connectivity index (χ0n) is 20.5. The lowest BCUT2D eigenvalue weighted by Gasteiger charge is -2.31. The van der Waals surface area contributed by atoms with Crippen LogP contribution < -0.4 is 19.4 Å². The molecule has 1 aliphatic heterocycles. The number of anilines is 4. The van der Waals surface area contributed by atoms with Crippen LogP contribution in [0.15, 0.2) is 78.9 Å². The highest BCUT2D eigenvalue weighted by Crippen LogP contribution is 2.39. The van der Waals surface area contributed by atoms with Crippen molar-refractivity contribution in [2.75, 3.05) is 35.0 Å². The van der Waals surface area contributed by atoms with E-state index in [9.17, 15) is 19.5 Å². The van der Waals surface area contributed by atoms with Crippen LogP contribution in [0.3, 0.4) is 0 Å². The van der Waals surface area contributed by atoms with Crippen molar-refractivity contribution < 1.29 is 24.2 Å². The highest BCUT2D eigenvalue weighted by Gasteiger charge is 2.41. The van der Waals surface area contributed by atoms with Crippen molar-refractivity contribution in [2.45, 2.75) is 19.9 Å². The SMILES string of the molecule is COc1ccc(N(C(=O)CN2C(=O)C(CO)C(=O)N(c3ccccc3)c3ccccc32)C(C)C)cc1. The molecule has 4 rings (SSSR count). The third-order valence-electron chi connectivity index (χ3n) is 6.12. The molecule has 0 fully saturated rings. The molecule has 0 aliphatic carbocycles. The number of para-hydroxylation sites is 3. The molecule has 1 N–H and O–H groups in total. The number of carbonyl (C=O) groups is 3. The molecule has 186 valence electrons. The summed E-state index contributed by atoms with van der Waals surface area (Å²) in [4.78, 5) is 45.1. The predicted octanol–water partition coefficient (Wildman–Crippen LogP) is 3.76. The van der Waals surface area contributed by atoms with Crippen LogP contribution in [0.4, 0.5) is 22.7 Å². The molecular formula is C28H29N3O5. The Hall–Kier alpha value is -4.17. The number of rotatable bonds is 7. The molecular weight excluding hydrogens is 458 g/mol. The van der Waals surface area contributed by atoms with Crippen LogP contribution in [0.5, 0.6) is 5.75 Å². The molecule has 3 aromatic rings. The summed E-state index contributed by atoms with van der Waals surface area (Å²) in [6.45, 7) is 2.80. The predicted molar refractivity (Wildman–Crippen MR) is 139 cm³/mol. The van der Waals surface area contributed by atoms with Gasteiger partial charge in [-0.25, -0.2) is 0 Å². The van der Waals surface area contributed by atoms with Crippen molar-refractivity contribution in [2.24, 2.45) is 5.92 Å². The molecule has 36 heavy (non-hydrogen) atoms. The lowest BCUT2D eigenvalue weighted by molar-refractivity contribution is -0.134. The molecule has 0 saturated heterocycles. The van der Waals surface area contributed by atoms with Gasteiger partial charge in [-0.15, -0.1) is 0 Å². The van der Waals surface area contributed by atoms with E-state index in [1.807, 2.05) is 19.9 Å². The Labute approximate surface area is 210 Å². The lowest BCUT2D eigenvalue weighted by atomic mass is 10.1. The number of hydrogen-bond donors (Lipinski definition) is 1. The average molecular weight is 488 g/mol. The van der Waals surface area contributed by atoms with E-state index in [0.717, 1.165) is 0 Å². The van der Waals surface area contributed by atoms with Crippen molar-refractivity contribution in [3.63, 3.8) is 0 Å². The second kappa shape index (κ2) is 10.6. The highest BCUT2D eigenvalue weighted by atomic mass is 16.5. The van der Waals surface area contributed by atoms with Gasteiger partial charge < -0.3 is 19.6 Å². The molecule has 0 spiro atoms. The Bertz CT molecular complexity index is 1240. The standard InChI is InChI=1S/C28H29N3O5/c1-19(2)30(21-13-15-22(36-3)16-14-21)26(33)17-29-24-11-7-8-12-25(24)31(20-9-5-4-6-10-20)28(35)23(18-32)27(29)34/h4-16,19,23,32H,17-18H2,1-3H3. The largest absolute Gasteiger partial charge is 0.497 e. The summed E-state index contributed by atoms with van der Waals surface area (Å²) in [5, 5.41) is 10.1. The van der Waals surface area contributed by atoms with Crippen molar-refractivity contribution in [3.8, 4) is 5.75 Å². The zero-order chi connectivity index (χ0) is 25.8. The van der Waals surface area contributed by atoms with E-state index < -0.39 is 24.3 Å². The number of aliphatic hydroxyl groups excluding tert-OH is 1. The first-order valence-electron chi connectivity index (χ1n) is 11.7. The van der Waals surface area contributed by atoms with E-state index in [0.29, 0.717) is 28.5 Å². The maximum atomic E-state index is 13.6. The summed E-state index contributed by atoms with van der Waals surface area (Å²) in [6.07, 6.45) is 0. The van der Waals surface area contributed by atoms with Gasteiger partial charge in [0.2, 0.25) is 17.7 Å². The number of methoxy groups -OCH3 is 1. The molecule has 1 aliphatic rings. The molecule has 0 saturated carbocycles. The van der Waals surface area contributed by atoms with Crippen LogP contribution in [0.25, 0.3) is 0 Å². The fourth-order valence-electron chi connectivity index (χ4n) is 4.42. The van der Waals surface area contributed by atoms with Crippen molar-refractivity contribution >= 4 is 40.5 Å². The minimum atomic E-state index is -1.35. The molecule has 1 unspecified atom stereocenters. The Balaban J connectivity index is 1.76. The van der Waals surface area contributed by atoms with Crippen molar-refractivity contribution in [1.29, 1.82) is 0 Å². The first-order chi connectivity index (χ1) is 17.4. The number of hydrogen-bond acceptors (Lipinski definition) is 5. The summed E-state index contributed by atoms with van der Waals surface area (Å²) in [6, 6.07) is 22.8. The zero-order valence-corrected chi connectivity index (χ0v) is 20.5. The summed E-state index contributed by atoms with van der Waals surface area (Å²) in [5.74, 6) is -2.18. The van der Waals surface area contributed by atoms with E-state index in [4.69, 9.17) is 4.74 Å². The van der Waals surface area contributed by atoms with E-state index in [1.165, 1.54) is 9.80 Å². The number of aliphatic hydroxyl groups is 1. The smallest absolute Gasteiger partial charge is 0.247 e. The average Bonchev–Trinajstić information content (AvgIpc) is 2.97. The number of carbonyl (C=O) groups excluding carboxylic acids is 3. The third kappa shape index (κ3) is 4.67. The van der Waals surface area contributed by atoms with Crippen LogP contribution in [-0.2, 0) is 14.4 Å². The van der Waals surface area contributed by atoms with Crippen LogP contribution in [-0.4, -0.2) is 49.1 Å². The minimum Gasteiger partial charge on any atom is -0.497 e. The Morgan fingerprint density at radius 3 is 2.11 bits per heavy atom. The summed E-state index contributed by atoms with van der Waals surface area (Å²) < 4.78 is 5.22. The van der Waals surface area contributed by atoms with Gasteiger partial charge in [0.05, 0.1) is 25.1 Å². The van der Waals surface area contributed by atoms with Gasteiger partial charge in [-0.3, -0.25) is 19.3 Å². The molecule has 3 amide bonds. The van der Waals surface area contributed by atoms with Crippen molar-refractivity contribution in [1.82, 2.24) is 0 Å². The molecule has 0 radical (unpaired) electrons. The fourth-order valence-corrected chi connectivity index (χ4v) is 4.42. The second-order valence-corrected chi connectivity index (χ2v) is 8.71. The number of nitrogens with zero attached hydrogens (tertiary/aromatic N) is 3. The number of benzene rings is 3. The van der Waals surface area contributed by atoms with E-state index in [2.05, 4.69) is 0 Å². The number of fused-ring (bicyclic) bond motifs is 1. The summed E-state index contributed by atoms with van der Waals surface area (Å²) >= 11 is 0. The molecule has 1 heterocycles. The molecule has 1 atom stereocenters. The minimum absolute atomic E-state index is 0.195. The fraction of sp³-hybridized carbons (Fsp3) is 0.250. The van der Waals surface area contributed by atoms with E-state index >= 15 is 0 Å². The Morgan fingerprint density at radius 2 is 1.53 bits per heavy atom. The topological polar surface area (TPSA) is 90.4 Å². The van der Waals surface area contributed by atoms with Gasteiger partial charge in [-0.05, 0) is 62.4 Å². The van der Waals surface area contributed by atoms with E-state index in [1.54, 1.807) is 84.8 Å². The van der Waals surface area contributed by atoms with Gasteiger partial charge in [-0.1, -0.05) is 30.3 Å². The maximum Gasteiger partial charge on any atom is 0.247 e. The van der Waals surface area contributed by atoms with Gasteiger partial charge in [0, 0.05) is 17.4 Å². The lowest BCUT2D eigenvalue weighted by Crippen LogP contribution is -2.48. The molecule has 3 aromatic carbocycles. The summed E-state index contributed by atoms with van der Waals surface area (Å²) in [7, 11) is 1.57. The maximum absolute atomic E-state index is 13.6. The molecule has 0 bridgehead atoms. The molecule has 0 aromatic heterocycles. The number of ether oxygens (including phenoxy) is 1. The first-order valence-corrected chi connectivity index (χ1v) is 11.7. The Kier molecular flexibility index (Phi) is 7.36. The van der Waals surface area contributed by atoms with E-state index in [-0.39, 0.29) is 18.5 Å². The van der Waals surface area contributed by atoms with Gasteiger partial charge in [0.15, 0.2) is 0 Å². The van der Waals surface area contributed by atoms with Crippen LogP contribution >= 0.6 is 0 Å². The monoisotopic (exact) mass is 487 g/mol. The van der Waals surface area contributed by atoms with Crippen LogP contribution in [0, 0.1) is 5.92 Å². The van der Waals surface area contributed by atoms with Gasteiger partial charge in [0.25, 0.3) is 0 Å². The third-order valence-corrected chi connectivity index (χ3v) is 6.12. The Morgan fingerprint density at radius 1 is 0.917 bits per heavy atom. The normalized spacial score (nSPS) is 15.5. The van der Waals surface area contributed by atoms with Crippen LogP contribution in [0.1, 0.15) is 13.8 Å². The first kappa shape index (κ1) is 24.9. The second-order valence-electron chi connectivity index (χ2n) is 8.71. The quantitative estimate of drug-likeness (QED) is 0.513. The van der Waals surface area contributed by atoms with Gasteiger partial charge >= 0.3 is 0 Å². The summed E-state index contributed by atoms with van der Waals surface area (Å²) in [5.41, 5.74) is 2.11.